The number of esters is 1. The van der Waals surface area contributed by atoms with Crippen molar-refractivity contribution in [3.8, 4) is 0 Å². The summed E-state index contributed by atoms with van der Waals surface area (Å²) in [5, 5.41) is 0. The van der Waals surface area contributed by atoms with Gasteiger partial charge < -0.3 is 19.1 Å². The molecule has 1 amide bonds. The molecule has 0 bridgehead atoms. The maximum Gasteiger partial charge on any atom is 0.397 e. The second-order valence-electron chi connectivity index (χ2n) is 3.00. The van der Waals surface area contributed by atoms with E-state index in [0.717, 1.165) is 0 Å². The van der Waals surface area contributed by atoms with Crippen LogP contribution in [0.2, 0.25) is 0 Å². The minimum atomic E-state index is -0.838. The second-order valence-corrected chi connectivity index (χ2v) is 3.00. The van der Waals surface area contributed by atoms with Crippen molar-refractivity contribution in [1.29, 1.82) is 0 Å². The molecule has 0 N–H and O–H groups in total. The first-order valence-corrected chi connectivity index (χ1v) is 5.11. The van der Waals surface area contributed by atoms with Gasteiger partial charge in [-0.3, -0.25) is 4.79 Å². The van der Waals surface area contributed by atoms with E-state index in [0.29, 0.717) is 26.3 Å². The first-order valence-electron chi connectivity index (χ1n) is 5.11. The highest BCUT2D eigenvalue weighted by molar-refractivity contribution is 6.32. The number of hydrogen-bond donors (Lipinski definition) is 0. The van der Waals surface area contributed by atoms with Gasteiger partial charge in [-0.2, -0.15) is 0 Å². The molecule has 0 unspecified atom stereocenters. The molecule has 0 spiro atoms. The largest absolute Gasteiger partial charge is 0.459 e. The molecule has 0 radical (unpaired) electrons. The molecule has 0 heterocycles. The highest BCUT2D eigenvalue weighted by atomic mass is 16.5. The number of nitrogens with zero attached hydrogens (tertiary/aromatic N) is 1. The van der Waals surface area contributed by atoms with Crippen LogP contribution < -0.4 is 0 Å². The van der Waals surface area contributed by atoms with Gasteiger partial charge >= 0.3 is 11.9 Å². The van der Waals surface area contributed by atoms with Crippen LogP contribution in [0.4, 0.5) is 0 Å². The van der Waals surface area contributed by atoms with Crippen LogP contribution in [0.1, 0.15) is 6.92 Å². The zero-order chi connectivity index (χ0) is 12.4. The first-order chi connectivity index (χ1) is 7.67. The third kappa shape index (κ3) is 5.67. The van der Waals surface area contributed by atoms with E-state index in [4.69, 9.17) is 9.47 Å². The van der Waals surface area contributed by atoms with Crippen LogP contribution in [0, 0.1) is 0 Å². The summed E-state index contributed by atoms with van der Waals surface area (Å²) in [6.45, 7) is 3.27. The summed E-state index contributed by atoms with van der Waals surface area (Å²) in [5.41, 5.74) is 0. The molecule has 0 aliphatic heterocycles. The van der Waals surface area contributed by atoms with Gasteiger partial charge in [0, 0.05) is 27.3 Å². The number of amides is 1. The average molecular weight is 233 g/mol. The molecule has 0 aliphatic carbocycles. The number of ether oxygens (including phenoxy) is 3. The van der Waals surface area contributed by atoms with E-state index in [-0.39, 0.29) is 6.61 Å². The average Bonchev–Trinajstić information content (AvgIpc) is 2.29. The van der Waals surface area contributed by atoms with Crippen molar-refractivity contribution in [1.82, 2.24) is 4.90 Å². The predicted octanol–water partition coefficient (Wildman–Crippen LogP) is -0.329. The lowest BCUT2D eigenvalue weighted by Gasteiger charge is -2.20. The standard InChI is InChI=1S/C10H19NO5/c1-4-16-10(13)9(12)11(5-7-14-2)6-8-15-3/h4-8H2,1-3H3. The topological polar surface area (TPSA) is 65.1 Å². The summed E-state index contributed by atoms with van der Waals surface area (Å²) >= 11 is 0. The molecular weight excluding hydrogens is 214 g/mol. The Kier molecular flexibility index (Phi) is 8.46. The number of methoxy groups -OCH3 is 2. The number of carbonyl (C=O) groups is 2. The Morgan fingerprint density at radius 2 is 1.56 bits per heavy atom. The predicted molar refractivity (Wildman–Crippen MR) is 57.0 cm³/mol. The van der Waals surface area contributed by atoms with E-state index in [2.05, 4.69) is 4.74 Å². The van der Waals surface area contributed by atoms with Crippen molar-refractivity contribution in [2.45, 2.75) is 6.92 Å². The van der Waals surface area contributed by atoms with Gasteiger partial charge in [-0.15, -0.1) is 0 Å². The van der Waals surface area contributed by atoms with Gasteiger partial charge in [0.25, 0.3) is 0 Å². The Balaban J connectivity index is 4.23. The van der Waals surface area contributed by atoms with Crippen molar-refractivity contribution in [3.63, 3.8) is 0 Å². The smallest absolute Gasteiger partial charge is 0.397 e. The Morgan fingerprint density at radius 3 is 1.94 bits per heavy atom. The molecule has 0 fully saturated rings. The molecule has 0 aromatic heterocycles. The fourth-order valence-corrected chi connectivity index (χ4v) is 1.04. The summed E-state index contributed by atoms with van der Waals surface area (Å²) in [4.78, 5) is 24.2. The van der Waals surface area contributed by atoms with Gasteiger partial charge in [-0.05, 0) is 6.92 Å². The number of hydrogen-bond acceptors (Lipinski definition) is 5. The Hall–Kier alpha value is -1.14. The van der Waals surface area contributed by atoms with Gasteiger partial charge in [0.15, 0.2) is 0 Å². The minimum Gasteiger partial charge on any atom is -0.459 e. The summed E-state index contributed by atoms with van der Waals surface area (Å²) in [5.74, 6) is -1.49. The van der Waals surface area contributed by atoms with E-state index in [9.17, 15) is 9.59 Å². The van der Waals surface area contributed by atoms with Crippen molar-refractivity contribution in [3.05, 3.63) is 0 Å². The molecule has 0 atom stereocenters. The van der Waals surface area contributed by atoms with Crippen LogP contribution in [-0.2, 0) is 23.8 Å². The third-order valence-corrected chi connectivity index (χ3v) is 1.87. The third-order valence-electron chi connectivity index (χ3n) is 1.87. The molecular formula is C10H19NO5. The monoisotopic (exact) mass is 233 g/mol. The summed E-state index contributed by atoms with van der Waals surface area (Å²) in [6.07, 6.45) is 0. The highest BCUT2D eigenvalue weighted by Gasteiger charge is 2.22. The van der Waals surface area contributed by atoms with E-state index in [1.165, 1.54) is 19.1 Å². The van der Waals surface area contributed by atoms with Crippen LogP contribution in [-0.4, -0.2) is 63.9 Å². The molecule has 16 heavy (non-hydrogen) atoms. The normalized spacial score (nSPS) is 9.94. The molecule has 6 heteroatoms. The lowest BCUT2D eigenvalue weighted by Crippen LogP contribution is -2.41. The van der Waals surface area contributed by atoms with Gasteiger partial charge in [0.2, 0.25) is 0 Å². The molecule has 6 nitrogen and oxygen atoms in total. The maximum atomic E-state index is 11.6. The molecule has 0 saturated heterocycles. The van der Waals surface area contributed by atoms with E-state index < -0.39 is 11.9 Å². The van der Waals surface area contributed by atoms with Gasteiger partial charge in [-0.25, -0.2) is 4.79 Å². The molecule has 0 aliphatic rings. The lowest BCUT2D eigenvalue weighted by atomic mass is 10.4. The molecule has 0 aromatic carbocycles. The zero-order valence-electron chi connectivity index (χ0n) is 10.0. The second kappa shape index (κ2) is 9.11. The van der Waals surface area contributed by atoms with Crippen molar-refractivity contribution in [2.75, 3.05) is 47.1 Å². The van der Waals surface area contributed by atoms with E-state index >= 15 is 0 Å². The maximum absolute atomic E-state index is 11.6. The van der Waals surface area contributed by atoms with Crippen molar-refractivity contribution < 1.29 is 23.8 Å². The number of carbonyl (C=O) groups excluding carboxylic acids is 2. The minimum absolute atomic E-state index is 0.187. The fraction of sp³-hybridized carbons (Fsp3) is 0.800. The Morgan fingerprint density at radius 1 is 1.06 bits per heavy atom. The lowest BCUT2D eigenvalue weighted by molar-refractivity contribution is -0.160. The summed E-state index contributed by atoms with van der Waals surface area (Å²) in [7, 11) is 3.06. The quantitative estimate of drug-likeness (QED) is 0.445. The summed E-state index contributed by atoms with van der Waals surface area (Å²) in [6, 6.07) is 0. The van der Waals surface area contributed by atoms with Crippen LogP contribution in [0.3, 0.4) is 0 Å². The van der Waals surface area contributed by atoms with Crippen LogP contribution in [0.15, 0.2) is 0 Å². The van der Waals surface area contributed by atoms with Crippen LogP contribution in [0.25, 0.3) is 0 Å². The van der Waals surface area contributed by atoms with Crippen LogP contribution >= 0.6 is 0 Å². The van der Waals surface area contributed by atoms with Crippen molar-refractivity contribution in [2.24, 2.45) is 0 Å². The van der Waals surface area contributed by atoms with E-state index in [1.54, 1.807) is 6.92 Å². The van der Waals surface area contributed by atoms with Gasteiger partial charge in [0.05, 0.1) is 19.8 Å². The molecule has 94 valence electrons. The molecule has 0 aromatic rings. The van der Waals surface area contributed by atoms with Crippen LogP contribution in [0.5, 0.6) is 0 Å². The Bertz CT molecular complexity index is 211. The van der Waals surface area contributed by atoms with Gasteiger partial charge in [-0.1, -0.05) is 0 Å². The van der Waals surface area contributed by atoms with Crippen molar-refractivity contribution >= 4 is 11.9 Å². The summed E-state index contributed by atoms with van der Waals surface area (Å²) < 4.78 is 14.3. The SMILES string of the molecule is CCOC(=O)C(=O)N(CCOC)CCOC. The number of rotatable bonds is 7. The molecule has 0 saturated carbocycles. The highest BCUT2D eigenvalue weighted by Crippen LogP contribution is 1.94. The fourth-order valence-electron chi connectivity index (χ4n) is 1.04. The van der Waals surface area contributed by atoms with E-state index in [1.807, 2.05) is 0 Å². The zero-order valence-corrected chi connectivity index (χ0v) is 10.0. The Labute approximate surface area is 95.4 Å². The first kappa shape index (κ1) is 14.9. The molecule has 0 rings (SSSR count). The van der Waals surface area contributed by atoms with Gasteiger partial charge in [0.1, 0.15) is 0 Å².